The molecule has 1 aliphatic rings. The lowest BCUT2D eigenvalue weighted by Crippen LogP contribution is -2.22. The summed E-state index contributed by atoms with van der Waals surface area (Å²) < 4.78 is 2.08. The average Bonchev–Trinajstić information content (AvgIpc) is 3.15. The Kier molecular flexibility index (Phi) is 7.29. The number of fused-ring (bicyclic) bond motifs is 1. The number of alkyl halides is 2. The molecular weight excluding hydrogens is 622 g/mol. The van der Waals surface area contributed by atoms with Crippen LogP contribution in [0.25, 0.3) is 0 Å². The van der Waals surface area contributed by atoms with Crippen molar-refractivity contribution in [3.8, 4) is 0 Å². The molecule has 1 N–H and O–H groups in total. The first-order valence-electron chi connectivity index (χ1n) is 11.0. The van der Waals surface area contributed by atoms with E-state index in [0.29, 0.717) is 5.95 Å². The molecule has 1 aliphatic heterocycles. The molecular formula is C26H30I2N4. The molecule has 0 saturated heterocycles. The van der Waals surface area contributed by atoms with Gasteiger partial charge in [0.1, 0.15) is 5.82 Å². The summed E-state index contributed by atoms with van der Waals surface area (Å²) in [6, 6.07) is 9.13. The second-order valence-electron chi connectivity index (χ2n) is 8.82. The first kappa shape index (κ1) is 23.7. The molecule has 0 aliphatic carbocycles. The van der Waals surface area contributed by atoms with E-state index in [9.17, 15) is 0 Å². The highest BCUT2D eigenvalue weighted by atomic mass is 127. The van der Waals surface area contributed by atoms with Crippen molar-refractivity contribution in [3.05, 3.63) is 74.5 Å². The van der Waals surface area contributed by atoms with E-state index < -0.39 is 0 Å². The highest BCUT2D eigenvalue weighted by Gasteiger charge is 2.26. The number of hydrogen-bond acceptors (Lipinski definition) is 4. The fourth-order valence-electron chi connectivity index (χ4n) is 4.77. The molecule has 0 fully saturated rings. The first-order valence-corrected chi connectivity index (χ1v) is 14.1. The minimum Gasteiger partial charge on any atom is -0.352 e. The highest BCUT2D eigenvalue weighted by Crippen LogP contribution is 2.33. The lowest BCUT2D eigenvalue weighted by molar-refractivity contribution is 0.816. The highest BCUT2D eigenvalue weighted by molar-refractivity contribution is 14.1. The van der Waals surface area contributed by atoms with Crippen LogP contribution in [0.2, 0.25) is 0 Å². The summed E-state index contributed by atoms with van der Waals surface area (Å²) in [5, 5.41) is 3.52. The summed E-state index contributed by atoms with van der Waals surface area (Å²) in [6.07, 6.45) is 1.01. The fraction of sp³-hybridized carbons (Fsp3) is 0.385. The first-order chi connectivity index (χ1) is 15.3. The monoisotopic (exact) mass is 652 g/mol. The van der Waals surface area contributed by atoms with Crippen molar-refractivity contribution >= 4 is 62.6 Å². The van der Waals surface area contributed by atoms with Crippen LogP contribution in [-0.2, 0) is 21.8 Å². The van der Waals surface area contributed by atoms with Gasteiger partial charge in [0.2, 0.25) is 5.95 Å². The Balaban J connectivity index is 1.67. The molecule has 2 aromatic carbocycles. The molecule has 6 heteroatoms. The summed E-state index contributed by atoms with van der Waals surface area (Å²) in [5.74, 6) is 1.77. The molecule has 3 aromatic rings. The maximum atomic E-state index is 5.01. The van der Waals surface area contributed by atoms with Gasteiger partial charge in [-0.25, -0.2) is 4.98 Å². The minimum atomic E-state index is 0.689. The van der Waals surface area contributed by atoms with Crippen LogP contribution in [0.4, 0.5) is 17.5 Å². The summed E-state index contributed by atoms with van der Waals surface area (Å²) in [7, 11) is 0. The van der Waals surface area contributed by atoms with Crippen LogP contribution in [0, 0.1) is 34.6 Å². The fourth-order valence-corrected chi connectivity index (χ4v) is 5.89. The third kappa shape index (κ3) is 4.76. The molecule has 0 radical (unpaired) electrons. The Morgan fingerprint density at radius 3 is 2.28 bits per heavy atom. The Morgan fingerprint density at radius 2 is 1.62 bits per heavy atom. The number of anilines is 3. The zero-order chi connectivity index (χ0) is 23.0. The van der Waals surface area contributed by atoms with Crippen molar-refractivity contribution < 1.29 is 0 Å². The van der Waals surface area contributed by atoms with Crippen molar-refractivity contribution in [2.24, 2.45) is 0 Å². The molecule has 0 amide bonds. The van der Waals surface area contributed by atoms with E-state index in [2.05, 4.69) is 114 Å². The van der Waals surface area contributed by atoms with Crippen molar-refractivity contribution in [2.75, 3.05) is 16.8 Å². The second kappa shape index (κ2) is 9.83. The number of hydrogen-bond donors (Lipinski definition) is 1. The SMILES string of the molecule is Cc1cc(C)c(Nc2nc(C)c3c(n2)N(Cc2c(C)cc(CI)cc2CI)CC3)c(C)c1. The molecule has 0 bridgehead atoms. The van der Waals surface area contributed by atoms with Gasteiger partial charge in [-0.3, -0.25) is 0 Å². The van der Waals surface area contributed by atoms with Crippen LogP contribution in [0.1, 0.15) is 50.2 Å². The van der Waals surface area contributed by atoms with Gasteiger partial charge in [-0.2, -0.15) is 4.98 Å². The Hall–Kier alpha value is -1.42. The molecule has 0 saturated carbocycles. The summed E-state index contributed by atoms with van der Waals surface area (Å²) in [5.41, 5.74) is 12.9. The molecule has 0 unspecified atom stereocenters. The van der Waals surface area contributed by atoms with Crippen molar-refractivity contribution in [1.82, 2.24) is 9.97 Å². The molecule has 168 valence electrons. The standard InChI is InChI=1S/C26H30I2N4/c1-15-8-17(3)24(18(4)9-15)30-26-29-19(5)22-6-7-32(25(22)31-26)14-23-16(2)10-20(12-27)11-21(23)13-28/h8-11H,6-7,12-14H2,1-5H3,(H,29,30,31). The lowest BCUT2D eigenvalue weighted by Gasteiger charge is -2.23. The van der Waals surface area contributed by atoms with Crippen LogP contribution in [0.5, 0.6) is 0 Å². The van der Waals surface area contributed by atoms with Gasteiger partial charge in [-0.1, -0.05) is 75.0 Å². The maximum absolute atomic E-state index is 5.01. The Morgan fingerprint density at radius 1 is 0.906 bits per heavy atom. The lowest BCUT2D eigenvalue weighted by atomic mass is 9.99. The molecule has 0 atom stereocenters. The summed E-state index contributed by atoms with van der Waals surface area (Å²) >= 11 is 4.94. The van der Waals surface area contributed by atoms with Crippen LogP contribution >= 0.6 is 45.2 Å². The topological polar surface area (TPSA) is 41.1 Å². The number of halogens is 2. The average molecular weight is 652 g/mol. The van der Waals surface area contributed by atoms with E-state index in [4.69, 9.17) is 9.97 Å². The largest absolute Gasteiger partial charge is 0.352 e. The van der Waals surface area contributed by atoms with Crippen LogP contribution in [-0.4, -0.2) is 16.5 Å². The normalized spacial score (nSPS) is 12.9. The van der Waals surface area contributed by atoms with E-state index in [1.54, 1.807) is 0 Å². The summed E-state index contributed by atoms with van der Waals surface area (Å²) in [6.45, 7) is 12.7. The van der Waals surface area contributed by atoms with Crippen molar-refractivity contribution in [3.63, 3.8) is 0 Å². The zero-order valence-corrected chi connectivity index (χ0v) is 23.8. The van der Waals surface area contributed by atoms with Gasteiger partial charge in [0, 0.05) is 38.9 Å². The van der Waals surface area contributed by atoms with Gasteiger partial charge in [0.15, 0.2) is 0 Å². The van der Waals surface area contributed by atoms with Gasteiger partial charge < -0.3 is 10.2 Å². The smallest absolute Gasteiger partial charge is 0.229 e. The van der Waals surface area contributed by atoms with Crippen molar-refractivity contribution in [2.45, 2.75) is 56.4 Å². The maximum Gasteiger partial charge on any atom is 0.229 e. The van der Waals surface area contributed by atoms with Crippen LogP contribution in [0.3, 0.4) is 0 Å². The van der Waals surface area contributed by atoms with Gasteiger partial charge in [-0.15, -0.1) is 0 Å². The quantitative estimate of drug-likeness (QED) is 0.226. The van der Waals surface area contributed by atoms with E-state index in [1.165, 1.54) is 44.5 Å². The number of aryl methyl sites for hydroxylation is 5. The van der Waals surface area contributed by atoms with Gasteiger partial charge >= 0.3 is 0 Å². The van der Waals surface area contributed by atoms with E-state index in [0.717, 1.165) is 45.6 Å². The Bertz CT molecular complexity index is 1150. The van der Waals surface area contributed by atoms with Gasteiger partial charge in [0.25, 0.3) is 0 Å². The minimum absolute atomic E-state index is 0.689. The summed E-state index contributed by atoms with van der Waals surface area (Å²) in [4.78, 5) is 12.3. The zero-order valence-electron chi connectivity index (χ0n) is 19.4. The molecule has 4 nitrogen and oxygen atoms in total. The predicted octanol–water partition coefficient (Wildman–Crippen LogP) is 7.20. The molecule has 1 aromatic heterocycles. The molecule has 2 heterocycles. The number of nitrogens with one attached hydrogen (secondary N) is 1. The van der Waals surface area contributed by atoms with Crippen molar-refractivity contribution in [1.29, 1.82) is 0 Å². The van der Waals surface area contributed by atoms with Crippen LogP contribution < -0.4 is 10.2 Å². The van der Waals surface area contributed by atoms with Gasteiger partial charge in [0.05, 0.1) is 0 Å². The van der Waals surface area contributed by atoms with E-state index in [1.807, 2.05) is 0 Å². The Labute approximate surface area is 218 Å². The number of aromatic nitrogens is 2. The van der Waals surface area contributed by atoms with Crippen LogP contribution in [0.15, 0.2) is 24.3 Å². The number of nitrogens with zero attached hydrogens (tertiary/aromatic N) is 3. The second-order valence-corrected chi connectivity index (χ2v) is 10.3. The molecule has 4 rings (SSSR count). The number of rotatable bonds is 6. The predicted molar refractivity (Wildman–Crippen MR) is 152 cm³/mol. The van der Waals surface area contributed by atoms with E-state index >= 15 is 0 Å². The molecule has 0 spiro atoms. The van der Waals surface area contributed by atoms with Gasteiger partial charge in [-0.05, 0) is 74.4 Å². The van der Waals surface area contributed by atoms with E-state index in [-0.39, 0.29) is 0 Å². The number of benzene rings is 2. The molecule has 32 heavy (non-hydrogen) atoms. The third-order valence-corrected chi connectivity index (χ3v) is 8.01. The third-order valence-electron chi connectivity index (χ3n) is 6.31.